The highest BCUT2D eigenvalue weighted by Crippen LogP contribution is 2.27. The van der Waals surface area contributed by atoms with Crippen LogP contribution in [0.3, 0.4) is 0 Å². The van der Waals surface area contributed by atoms with Gasteiger partial charge in [0.25, 0.3) is 0 Å². The molecule has 0 fully saturated rings. The molecule has 1 heterocycles. The molecule has 0 spiro atoms. The minimum Gasteiger partial charge on any atom is -0.331 e. The van der Waals surface area contributed by atoms with Crippen LogP contribution in [0.25, 0.3) is 0 Å². The number of hydrogen-bond acceptors (Lipinski definition) is 2. The molecule has 2 unspecified atom stereocenters. The van der Waals surface area contributed by atoms with Gasteiger partial charge in [-0.15, -0.1) is 0 Å². The van der Waals surface area contributed by atoms with E-state index in [2.05, 4.69) is 37.2 Å². The van der Waals surface area contributed by atoms with Crippen LogP contribution in [0.4, 0.5) is 0 Å². The number of nitrogens with two attached hydrogens (primary N) is 1. The van der Waals surface area contributed by atoms with Crippen LogP contribution in [0.2, 0.25) is 0 Å². The molecule has 1 rings (SSSR count). The highest BCUT2D eigenvalue weighted by Gasteiger charge is 2.20. The molecule has 1 aromatic heterocycles. The summed E-state index contributed by atoms with van der Waals surface area (Å²) in [5, 5.41) is 0. The molecule has 0 radical (unpaired) electrons. The van der Waals surface area contributed by atoms with Crippen LogP contribution in [0.15, 0.2) is 12.5 Å². The Bertz CT molecular complexity index is 330. The largest absolute Gasteiger partial charge is 0.331 e. The average Bonchev–Trinajstić information content (AvgIpc) is 2.79. The Kier molecular flexibility index (Phi) is 6.41. The van der Waals surface area contributed by atoms with E-state index in [1.807, 2.05) is 12.5 Å². The van der Waals surface area contributed by atoms with Gasteiger partial charge in [0.1, 0.15) is 0 Å². The fraction of sp³-hybridized carbons (Fsp3) is 0.800. The van der Waals surface area contributed by atoms with Crippen molar-refractivity contribution < 1.29 is 0 Å². The van der Waals surface area contributed by atoms with Crippen molar-refractivity contribution in [2.45, 2.75) is 65.3 Å². The van der Waals surface area contributed by atoms with E-state index in [4.69, 9.17) is 5.73 Å². The van der Waals surface area contributed by atoms with Crippen LogP contribution >= 0.6 is 0 Å². The topological polar surface area (TPSA) is 43.8 Å². The first-order valence-corrected chi connectivity index (χ1v) is 7.33. The third kappa shape index (κ3) is 3.84. The van der Waals surface area contributed by atoms with Crippen molar-refractivity contribution in [3.8, 4) is 0 Å². The number of unbranched alkanes of at least 4 members (excludes halogenated alkanes) is 2. The molecule has 2 N–H and O–H groups in total. The van der Waals surface area contributed by atoms with Crippen molar-refractivity contribution in [3.63, 3.8) is 0 Å². The maximum absolute atomic E-state index is 5.91. The van der Waals surface area contributed by atoms with E-state index in [0.29, 0.717) is 24.4 Å². The highest BCUT2D eigenvalue weighted by molar-refractivity contribution is 5.09. The maximum atomic E-state index is 5.91. The molecule has 0 aliphatic rings. The molecule has 2 atom stereocenters. The molecule has 3 nitrogen and oxygen atoms in total. The number of rotatable bonds is 8. The zero-order chi connectivity index (χ0) is 13.5. The summed E-state index contributed by atoms with van der Waals surface area (Å²) in [7, 11) is 0. The van der Waals surface area contributed by atoms with Gasteiger partial charge in [-0.3, -0.25) is 0 Å². The molecule has 0 saturated carbocycles. The molecule has 0 aliphatic heterocycles. The van der Waals surface area contributed by atoms with Gasteiger partial charge in [-0.05, 0) is 19.3 Å². The van der Waals surface area contributed by atoms with Crippen LogP contribution in [0.1, 0.15) is 71.0 Å². The second-order valence-corrected chi connectivity index (χ2v) is 5.66. The number of imidazole rings is 1. The smallest absolute Gasteiger partial charge is 0.0950 e. The number of nitrogens with zero attached hydrogens (tertiary/aromatic N) is 2. The lowest BCUT2D eigenvalue weighted by molar-refractivity contribution is 0.421. The third-order valence-corrected chi connectivity index (χ3v) is 3.83. The van der Waals surface area contributed by atoms with E-state index in [1.54, 1.807) is 0 Å². The van der Waals surface area contributed by atoms with Crippen molar-refractivity contribution in [3.05, 3.63) is 18.2 Å². The molecule has 0 aromatic carbocycles. The molecule has 0 aliphatic carbocycles. The van der Waals surface area contributed by atoms with E-state index >= 15 is 0 Å². The van der Waals surface area contributed by atoms with Gasteiger partial charge in [-0.1, -0.05) is 40.0 Å². The zero-order valence-electron chi connectivity index (χ0n) is 12.4. The first-order valence-electron chi connectivity index (χ1n) is 7.33. The SMILES string of the molecule is CCCCCC(C)n1cncc1C(CN)C(C)C. The first kappa shape index (κ1) is 15.2. The van der Waals surface area contributed by atoms with Crippen LogP contribution in [-0.2, 0) is 0 Å². The quantitative estimate of drug-likeness (QED) is 0.716. The Hall–Kier alpha value is -0.830. The van der Waals surface area contributed by atoms with Gasteiger partial charge in [0.2, 0.25) is 0 Å². The molecule has 3 heteroatoms. The molecule has 1 aromatic rings. The highest BCUT2D eigenvalue weighted by atomic mass is 15.1. The van der Waals surface area contributed by atoms with E-state index in [0.717, 1.165) is 0 Å². The molecule has 0 amide bonds. The van der Waals surface area contributed by atoms with Gasteiger partial charge >= 0.3 is 0 Å². The van der Waals surface area contributed by atoms with Gasteiger partial charge in [0.05, 0.1) is 6.33 Å². The lowest BCUT2D eigenvalue weighted by atomic mass is 9.92. The van der Waals surface area contributed by atoms with Gasteiger partial charge in [0, 0.05) is 30.4 Å². The fourth-order valence-electron chi connectivity index (χ4n) is 2.53. The molecule has 0 saturated heterocycles. The normalized spacial score (nSPS) is 15.0. The predicted molar refractivity (Wildman–Crippen MR) is 77.7 cm³/mol. The van der Waals surface area contributed by atoms with Crippen LogP contribution in [-0.4, -0.2) is 16.1 Å². The third-order valence-electron chi connectivity index (χ3n) is 3.83. The monoisotopic (exact) mass is 251 g/mol. The summed E-state index contributed by atoms with van der Waals surface area (Å²) in [6, 6.07) is 0.529. The maximum Gasteiger partial charge on any atom is 0.0950 e. The molecular weight excluding hydrogens is 222 g/mol. The molecule has 18 heavy (non-hydrogen) atoms. The summed E-state index contributed by atoms with van der Waals surface area (Å²) < 4.78 is 2.33. The van der Waals surface area contributed by atoms with Crippen molar-refractivity contribution in [1.29, 1.82) is 0 Å². The lowest BCUT2D eigenvalue weighted by Crippen LogP contribution is -2.22. The van der Waals surface area contributed by atoms with E-state index < -0.39 is 0 Å². The van der Waals surface area contributed by atoms with Crippen molar-refractivity contribution >= 4 is 0 Å². The van der Waals surface area contributed by atoms with Crippen LogP contribution in [0, 0.1) is 5.92 Å². The Morgan fingerprint density at radius 1 is 1.28 bits per heavy atom. The minimum atomic E-state index is 0.418. The number of hydrogen-bond donors (Lipinski definition) is 1. The predicted octanol–water partition coefficient (Wildman–Crippen LogP) is 3.72. The molecule has 0 bridgehead atoms. The fourth-order valence-corrected chi connectivity index (χ4v) is 2.53. The van der Waals surface area contributed by atoms with Crippen molar-refractivity contribution in [2.75, 3.05) is 6.54 Å². The van der Waals surface area contributed by atoms with Crippen molar-refractivity contribution in [1.82, 2.24) is 9.55 Å². The zero-order valence-corrected chi connectivity index (χ0v) is 12.4. The van der Waals surface area contributed by atoms with Gasteiger partial charge in [-0.2, -0.15) is 0 Å². The lowest BCUT2D eigenvalue weighted by Gasteiger charge is -2.24. The Morgan fingerprint density at radius 3 is 2.56 bits per heavy atom. The molecule has 104 valence electrons. The first-order chi connectivity index (χ1) is 8.61. The van der Waals surface area contributed by atoms with E-state index in [1.165, 1.54) is 31.4 Å². The second-order valence-electron chi connectivity index (χ2n) is 5.66. The number of aromatic nitrogens is 2. The Labute approximate surface area is 112 Å². The van der Waals surface area contributed by atoms with E-state index in [-0.39, 0.29) is 0 Å². The minimum absolute atomic E-state index is 0.418. The summed E-state index contributed by atoms with van der Waals surface area (Å²) >= 11 is 0. The van der Waals surface area contributed by atoms with Crippen LogP contribution < -0.4 is 5.73 Å². The standard InChI is InChI=1S/C15H29N3/c1-5-6-7-8-13(4)18-11-17-10-15(18)14(9-16)12(2)3/h10-14H,5-9,16H2,1-4H3. The Balaban J connectivity index is 2.74. The van der Waals surface area contributed by atoms with Crippen LogP contribution in [0.5, 0.6) is 0 Å². The van der Waals surface area contributed by atoms with Crippen molar-refractivity contribution in [2.24, 2.45) is 11.7 Å². The summed E-state index contributed by atoms with van der Waals surface area (Å²) in [6.45, 7) is 9.70. The van der Waals surface area contributed by atoms with Gasteiger partial charge in [0.15, 0.2) is 0 Å². The van der Waals surface area contributed by atoms with E-state index in [9.17, 15) is 0 Å². The summed E-state index contributed by atoms with van der Waals surface area (Å²) in [4.78, 5) is 4.33. The summed E-state index contributed by atoms with van der Waals surface area (Å²) in [5.41, 5.74) is 7.22. The van der Waals surface area contributed by atoms with Gasteiger partial charge in [-0.25, -0.2) is 4.98 Å². The molecular formula is C15H29N3. The average molecular weight is 251 g/mol. The van der Waals surface area contributed by atoms with Gasteiger partial charge < -0.3 is 10.3 Å². The summed E-state index contributed by atoms with van der Waals surface area (Å²) in [6.07, 6.45) is 9.08. The second kappa shape index (κ2) is 7.57. The Morgan fingerprint density at radius 2 is 2.00 bits per heavy atom. The summed E-state index contributed by atoms with van der Waals surface area (Å²) in [5.74, 6) is 0.981.